The highest BCUT2D eigenvalue weighted by Crippen LogP contribution is 2.15. The molecule has 114 valence electrons. The van der Waals surface area contributed by atoms with Crippen LogP contribution in [-0.4, -0.2) is 22.4 Å². The molecule has 3 nitrogen and oxygen atoms in total. The molecule has 0 aliphatic heterocycles. The molecule has 1 aromatic carbocycles. The molecule has 1 unspecified atom stereocenters. The Hall–Kier alpha value is -1.61. The number of hydrogen-bond donors (Lipinski definition) is 1. The lowest BCUT2D eigenvalue weighted by Gasteiger charge is -2.19. The van der Waals surface area contributed by atoms with Crippen LogP contribution in [0.3, 0.4) is 0 Å². The molecule has 1 aromatic heterocycles. The van der Waals surface area contributed by atoms with Gasteiger partial charge < -0.3 is 5.32 Å². The molecular weight excluding hydrogens is 258 g/mol. The minimum absolute atomic E-state index is 0.543. The minimum atomic E-state index is 0.543. The third kappa shape index (κ3) is 5.72. The molecule has 1 atom stereocenters. The summed E-state index contributed by atoms with van der Waals surface area (Å²) in [6.07, 6.45) is 7.54. The van der Waals surface area contributed by atoms with Gasteiger partial charge in [-0.3, -0.25) is 4.68 Å². The van der Waals surface area contributed by atoms with Crippen LogP contribution in [0.1, 0.15) is 31.4 Å². The van der Waals surface area contributed by atoms with Crippen LogP contribution in [0.2, 0.25) is 0 Å². The van der Waals surface area contributed by atoms with Gasteiger partial charge in [0.1, 0.15) is 0 Å². The standard InChI is InChI=1S/C18H27N3/c1-15(2)19-12-17(11-16-7-5-4-6-8-16)9-10-18-13-20-21(3)14-18/h4-8,13-15,17,19H,9-12H2,1-3H3. The number of nitrogens with zero attached hydrogens (tertiary/aromatic N) is 2. The molecule has 21 heavy (non-hydrogen) atoms. The van der Waals surface area contributed by atoms with E-state index in [2.05, 4.69) is 60.8 Å². The van der Waals surface area contributed by atoms with Crippen molar-refractivity contribution in [1.82, 2.24) is 15.1 Å². The lowest BCUT2D eigenvalue weighted by molar-refractivity contribution is 0.422. The summed E-state index contributed by atoms with van der Waals surface area (Å²) >= 11 is 0. The highest BCUT2D eigenvalue weighted by molar-refractivity contribution is 5.15. The Morgan fingerprint density at radius 2 is 1.90 bits per heavy atom. The summed E-state index contributed by atoms with van der Waals surface area (Å²) in [6.45, 7) is 5.49. The molecule has 0 fully saturated rings. The summed E-state index contributed by atoms with van der Waals surface area (Å²) in [7, 11) is 1.98. The van der Waals surface area contributed by atoms with Gasteiger partial charge in [-0.05, 0) is 42.9 Å². The van der Waals surface area contributed by atoms with Crippen LogP contribution >= 0.6 is 0 Å². The van der Waals surface area contributed by atoms with Gasteiger partial charge in [0, 0.05) is 19.3 Å². The first-order valence-corrected chi connectivity index (χ1v) is 7.88. The quantitative estimate of drug-likeness (QED) is 0.807. The SMILES string of the molecule is CC(C)NCC(CCc1cnn(C)c1)Cc1ccccc1. The van der Waals surface area contributed by atoms with Crippen LogP contribution in [0, 0.1) is 5.92 Å². The molecule has 0 amide bonds. The highest BCUT2D eigenvalue weighted by Gasteiger charge is 2.11. The molecule has 0 saturated heterocycles. The number of hydrogen-bond acceptors (Lipinski definition) is 2. The van der Waals surface area contributed by atoms with Crippen LogP contribution in [0.15, 0.2) is 42.7 Å². The first-order chi connectivity index (χ1) is 10.1. The van der Waals surface area contributed by atoms with Crippen LogP contribution in [0.5, 0.6) is 0 Å². The monoisotopic (exact) mass is 285 g/mol. The molecule has 1 heterocycles. The second-order valence-corrected chi connectivity index (χ2v) is 6.18. The van der Waals surface area contributed by atoms with Crippen molar-refractivity contribution in [3.05, 3.63) is 53.9 Å². The van der Waals surface area contributed by atoms with Crippen LogP contribution in [0.25, 0.3) is 0 Å². The van der Waals surface area contributed by atoms with Crippen molar-refractivity contribution in [3.63, 3.8) is 0 Å². The van der Waals surface area contributed by atoms with Gasteiger partial charge in [-0.2, -0.15) is 5.10 Å². The van der Waals surface area contributed by atoms with E-state index in [4.69, 9.17) is 0 Å². The van der Waals surface area contributed by atoms with Gasteiger partial charge in [0.25, 0.3) is 0 Å². The fourth-order valence-corrected chi connectivity index (χ4v) is 2.60. The zero-order valence-electron chi connectivity index (χ0n) is 13.4. The molecule has 0 saturated carbocycles. The van der Waals surface area contributed by atoms with Crippen molar-refractivity contribution in [2.75, 3.05) is 6.54 Å². The maximum absolute atomic E-state index is 4.25. The van der Waals surface area contributed by atoms with Crippen LogP contribution in [-0.2, 0) is 19.9 Å². The van der Waals surface area contributed by atoms with Crippen molar-refractivity contribution >= 4 is 0 Å². The van der Waals surface area contributed by atoms with E-state index in [1.807, 2.05) is 17.9 Å². The van der Waals surface area contributed by atoms with E-state index in [1.54, 1.807) is 0 Å². The van der Waals surface area contributed by atoms with Gasteiger partial charge in [0.05, 0.1) is 6.20 Å². The zero-order valence-corrected chi connectivity index (χ0v) is 13.4. The van der Waals surface area contributed by atoms with Crippen molar-refractivity contribution < 1.29 is 0 Å². The van der Waals surface area contributed by atoms with E-state index >= 15 is 0 Å². The third-order valence-corrected chi connectivity index (χ3v) is 3.78. The number of benzene rings is 1. The summed E-state index contributed by atoms with van der Waals surface area (Å²) in [5.74, 6) is 0.662. The molecule has 1 N–H and O–H groups in total. The molecule has 2 rings (SSSR count). The minimum Gasteiger partial charge on any atom is -0.314 e. The van der Waals surface area contributed by atoms with Crippen molar-refractivity contribution in [1.29, 1.82) is 0 Å². The van der Waals surface area contributed by atoms with E-state index in [1.165, 1.54) is 17.5 Å². The maximum atomic E-state index is 4.25. The second kappa shape index (κ2) is 7.99. The number of nitrogens with one attached hydrogen (secondary N) is 1. The lowest BCUT2D eigenvalue weighted by atomic mass is 9.93. The molecular formula is C18H27N3. The predicted molar refractivity (Wildman–Crippen MR) is 88.3 cm³/mol. The smallest absolute Gasteiger partial charge is 0.0521 e. The van der Waals surface area contributed by atoms with E-state index < -0.39 is 0 Å². The Morgan fingerprint density at radius 1 is 1.14 bits per heavy atom. The number of rotatable bonds is 8. The lowest BCUT2D eigenvalue weighted by Crippen LogP contribution is -2.30. The summed E-state index contributed by atoms with van der Waals surface area (Å²) in [6, 6.07) is 11.3. The van der Waals surface area contributed by atoms with Crippen molar-refractivity contribution in [2.24, 2.45) is 13.0 Å². The van der Waals surface area contributed by atoms with Crippen molar-refractivity contribution in [3.8, 4) is 0 Å². The van der Waals surface area contributed by atoms with E-state index in [0.717, 1.165) is 19.4 Å². The third-order valence-electron chi connectivity index (χ3n) is 3.78. The highest BCUT2D eigenvalue weighted by atomic mass is 15.2. The largest absolute Gasteiger partial charge is 0.314 e. The van der Waals surface area contributed by atoms with Crippen molar-refractivity contribution in [2.45, 2.75) is 39.2 Å². The fraction of sp³-hybridized carbons (Fsp3) is 0.500. The molecule has 2 aromatic rings. The number of aryl methyl sites for hydroxylation is 2. The maximum Gasteiger partial charge on any atom is 0.0521 e. The summed E-state index contributed by atoms with van der Waals surface area (Å²) in [5, 5.41) is 7.84. The van der Waals surface area contributed by atoms with Gasteiger partial charge in [-0.1, -0.05) is 44.2 Å². The van der Waals surface area contributed by atoms with E-state index in [-0.39, 0.29) is 0 Å². The second-order valence-electron chi connectivity index (χ2n) is 6.18. The van der Waals surface area contributed by atoms with Gasteiger partial charge in [0.2, 0.25) is 0 Å². The average molecular weight is 285 g/mol. The Morgan fingerprint density at radius 3 is 2.52 bits per heavy atom. The molecule has 0 radical (unpaired) electrons. The molecule has 3 heteroatoms. The van der Waals surface area contributed by atoms with Gasteiger partial charge in [-0.15, -0.1) is 0 Å². The first kappa shape index (κ1) is 15.8. The fourth-order valence-electron chi connectivity index (χ4n) is 2.60. The van der Waals surface area contributed by atoms with Gasteiger partial charge in [0.15, 0.2) is 0 Å². The van der Waals surface area contributed by atoms with Crippen LogP contribution < -0.4 is 5.32 Å². The summed E-state index contributed by atoms with van der Waals surface area (Å²) in [4.78, 5) is 0. The number of aromatic nitrogens is 2. The normalized spacial score (nSPS) is 12.8. The average Bonchev–Trinajstić information content (AvgIpc) is 2.88. The summed E-state index contributed by atoms with van der Waals surface area (Å²) in [5.41, 5.74) is 2.76. The van der Waals surface area contributed by atoms with E-state index in [9.17, 15) is 0 Å². The Labute approximate surface area is 128 Å². The zero-order chi connectivity index (χ0) is 15.1. The van der Waals surface area contributed by atoms with Gasteiger partial charge in [-0.25, -0.2) is 0 Å². The van der Waals surface area contributed by atoms with Gasteiger partial charge >= 0.3 is 0 Å². The topological polar surface area (TPSA) is 29.9 Å². The summed E-state index contributed by atoms with van der Waals surface area (Å²) < 4.78 is 1.88. The van der Waals surface area contributed by atoms with Crippen LogP contribution in [0.4, 0.5) is 0 Å². The molecule has 0 aliphatic carbocycles. The molecule has 0 aliphatic rings. The predicted octanol–water partition coefficient (Wildman–Crippen LogP) is 3.21. The van der Waals surface area contributed by atoms with E-state index in [0.29, 0.717) is 12.0 Å². The Kier molecular flexibility index (Phi) is 6.00. The Bertz CT molecular complexity index is 516. The Balaban J connectivity index is 1.91. The molecule has 0 spiro atoms. The first-order valence-electron chi connectivity index (χ1n) is 7.88. The molecule has 0 bridgehead atoms.